The van der Waals surface area contributed by atoms with Crippen molar-refractivity contribution in [3.8, 4) is 5.75 Å². The van der Waals surface area contributed by atoms with Crippen LogP contribution in [-0.2, 0) is 6.42 Å². The van der Waals surface area contributed by atoms with Gasteiger partial charge in [-0.3, -0.25) is 0 Å². The summed E-state index contributed by atoms with van der Waals surface area (Å²) in [5.41, 5.74) is 2.74. The summed E-state index contributed by atoms with van der Waals surface area (Å²) >= 11 is 0. The Balaban J connectivity index is 2.03. The number of hydrogen-bond acceptors (Lipinski definition) is 3. The highest BCUT2D eigenvalue weighted by Crippen LogP contribution is 2.20. The third kappa shape index (κ3) is 3.60. The fourth-order valence-electron chi connectivity index (χ4n) is 2.07. The number of rotatable bonds is 6. The molecule has 0 aliphatic rings. The van der Waals surface area contributed by atoms with Crippen LogP contribution in [0.5, 0.6) is 5.75 Å². The van der Waals surface area contributed by atoms with Crippen molar-refractivity contribution in [2.24, 2.45) is 5.16 Å². The van der Waals surface area contributed by atoms with Gasteiger partial charge in [-0.2, -0.15) is 0 Å². The number of nitrogens with zero attached hydrogens (tertiary/aromatic N) is 1. The molecule has 1 N–H and O–H groups in total. The van der Waals surface area contributed by atoms with Crippen LogP contribution in [0.15, 0.2) is 59.8 Å². The fraction of sp³-hybridized carbons (Fsp3) is 0.235. The molecule has 0 spiro atoms. The van der Waals surface area contributed by atoms with Gasteiger partial charge in [-0.05, 0) is 24.1 Å². The Morgan fingerprint density at radius 1 is 1.05 bits per heavy atom. The van der Waals surface area contributed by atoms with Crippen molar-refractivity contribution < 1.29 is 9.94 Å². The van der Waals surface area contributed by atoms with Gasteiger partial charge in [0, 0.05) is 12.0 Å². The van der Waals surface area contributed by atoms with Crippen molar-refractivity contribution in [2.75, 3.05) is 6.61 Å². The van der Waals surface area contributed by atoms with Crippen LogP contribution in [0.3, 0.4) is 0 Å². The minimum Gasteiger partial charge on any atom is -0.493 e. The van der Waals surface area contributed by atoms with Gasteiger partial charge in [-0.15, -0.1) is 0 Å². The van der Waals surface area contributed by atoms with Gasteiger partial charge < -0.3 is 9.94 Å². The molecule has 2 rings (SSSR count). The zero-order chi connectivity index (χ0) is 14.2. The average molecular weight is 269 g/mol. The van der Waals surface area contributed by atoms with E-state index in [1.807, 2.05) is 49.4 Å². The molecule has 0 atom stereocenters. The third-order valence-electron chi connectivity index (χ3n) is 3.14. The maximum absolute atomic E-state index is 9.04. The predicted molar refractivity (Wildman–Crippen MR) is 80.7 cm³/mol. The molecule has 2 aromatic rings. The first-order valence-electron chi connectivity index (χ1n) is 6.82. The Kier molecular flexibility index (Phi) is 5.18. The summed E-state index contributed by atoms with van der Waals surface area (Å²) in [6.45, 7) is 2.55. The highest BCUT2D eigenvalue weighted by Gasteiger charge is 2.08. The lowest BCUT2D eigenvalue weighted by atomic mass is 10.1. The molecule has 3 heteroatoms. The number of para-hydroxylation sites is 1. The highest BCUT2D eigenvalue weighted by atomic mass is 16.5. The maximum Gasteiger partial charge on any atom is 0.128 e. The number of benzene rings is 2. The molecular weight excluding hydrogens is 250 g/mol. The van der Waals surface area contributed by atoms with Crippen LogP contribution in [0.1, 0.15) is 24.5 Å². The van der Waals surface area contributed by atoms with Crippen LogP contribution < -0.4 is 4.74 Å². The van der Waals surface area contributed by atoms with E-state index in [9.17, 15) is 0 Å². The molecule has 0 aliphatic carbocycles. The quantitative estimate of drug-likeness (QED) is 0.491. The van der Waals surface area contributed by atoms with Crippen LogP contribution in [-0.4, -0.2) is 17.5 Å². The molecule has 0 aromatic heterocycles. The molecule has 0 amide bonds. The fourth-order valence-corrected chi connectivity index (χ4v) is 2.07. The van der Waals surface area contributed by atoms with Crippen LogP contribution in [0.2, 0.25) is 0 Å². The van der Waals surface area contributed by atoms with Gasteiger partial charge in [-0.1, -0.05) is 54.5 Å². The van der Waals surface area contributed by atoms with Gasteiger partial charge in [0.15, 0.2) is 0 Å². The molecule has 0 radical (unpaired) electrons. The summed E-state index contributed by atoms with van der Waals surface area (Å²) in [4.78, 5) is 0. The Bertz CT molecular complexity index is 564. The topological polar surface area (TPSA) is 41.8 Å². The predicted octanol–water partition coefficient (Wildman–Crippen LogP) is 3.90. The third-order valence-corrected chi connectivity index (χ3v) is 3.14. The zero-order valence-electron chi connectivity index (χ0n) is 11.6. The zero-order valence-corrected chi connectivity index (χ0v) is 11.6. The second kappa shape index (κ2) is 7.34. The standard InChI is InChI=1S/C17H19NO2/c1-2-16(18-19)15-10-6-7-11-17(15)20-13-12-14-8-4-3-5-9-14/h3-11,19H,2,12-13H2,1H3/b18-16+. The molecule has 3 nitrogen and oxygen atoms in total. The summed E-state index contributed by atoms with van der Waals surface area (Å²) in [5.74, 6) is 0.762. The normalized spacial score (nSPS) is 11.3. The minimum atomic E-state index is 0.601. The van der Waals surface area contributed by atoms with E-state index in [0.29, 0.717) is 18.7 Å². The molecule has 104 valence electrons. The Morgan fingerprint density at radius 3 is 2.45 bits per heavy atom. The second-order valence-corrected chi connectivity index (χ2v) is 4.48. The van der Waals surface area contributed by atoms with E-state index in [1.165, 1.54) is 5.56 Å². The summed E-state index contributed by atoms with van der Waals surface area (Å²) in [7, 11) is 0. The molecule has 2 aromatic carbocycles. The van der Waals surface area contributed by atoms with Gasteiger partial charge in [0.25, 0.3) is 0 Å². The van der Waals surface area contributed by atoms with Crippen LogP contribution in [0.4, 0.5) is 0 Å². The van der Waals surface area contributed by atoms with Crippen molar-refractivity contribution in [3.05, 3.63) is 65.7 Å². The molecule has 0 saturated heterocycles. The van der Waals surface area contributed by atoms with Gasteiger partial charge in [0.2, 0.25) is 0 Å². The molecular formula is C17H19NO2. The molecule has 0 fully saturated rings. The summed E-state index contributed by atoms with van der Waals surface area (Å²) < 4.78 is 5.83. The van der Waals surface area contributed by atoms with Crippen LogP contribution in [0.25, 0.3) is 0 Å². The van der Waals surface area contributed by atoms with E-state index in [1.54, 1.807) is 0 Å². The largest absolute Gasteiger partial charge is 0.493 e. The molecule has 0 unspecified atom stereocenters. The summed E-state index contributed by atoms with van der Waals surface area (Å²) in [5, 5.41) is 12.4. The molecule has 0 bridgehead atoms. The van der Waals surface area contributed by atoms with E-state index in [0.717, 1.165) is 17.7 Å². The Hall–Kier alpha value is -2.29. The lowest BCUT2D eigenvalue weighted by Crippen LogP contribution is -2.07. The minimum absolute atomic E-state index is 0.601. The van der Waals surface area contributed by atoms with Crippen molar-refractivity contribution in [2.45, 2.75) is 19.8 Å². The van der Waals surface area contributed by atoms with Crippen LogP contribution >= 0.6 is 0 Å². The number of oxime groups is 1. The van der Waals surface area contributed by atoms with E-state index in [4.69, 9.17) is 9.94 Å². The SMILES string of the molecule is CC/C(=N\O)c1ccccc1OCCc1ccccc1. The smallest absolute Gasteiger partial charge is 0.128 e. The summed E-state index contributed by atoms with van der Waals surface area (Å²) in [6, 6.07) is 17.9. The molecule has 20 heavy (non-hydrogen) atoms. The first-order valence-corrected chi connectivity index (χ1v) is 6.82. The van der Waals surface area contributed by atoms with Crippen LogP contribution in [0, 0.1) is 0 Å². The summed E-state index contributed by atoms with van der Waals surface area (Å²) in [6.07, 6.45) is 1.52. The first-order chi connectivity index (χ1) is 9.85. The average Bonchev–Trinajstić information content (AvgIpc) is 2.51. The van der Waals surface area contributed by atoms with Gasteiger partial charge in [0.1, 0.15) is 5.75 Å². The molecule has 0 heterocycles. The number of ether oxygens (including phenoxy) is 1. The van der Waals surface area contributed by atoms with Crippen molar-refractivity contribution >= 4 is 5.71 Å². The Morgan fingerprint density at radius 2 is 1.75 bits per heavy atom. The monoisotopic (exact) mass is 269 g/mol. The molecule has 0 aliphatic heterocycles. The number of hydrogen-bond donors (Lipinski definition) is 1. The first kappa shape index (κ1) is 14.1. The van der Waals surface area contributed by atoms with Gasteiger partial charge in [-0.25, -0.2) is 0 Å². The van der Waals surface area contributed by atoms with E-state index in [2.05, 4.69) is 17.3 Å². The van der Waals surface area contributed by atoms with Crippen molar-refractivity contribution in [1.82, 2.24) is 0 Å². The highest BCUT2D eigenvalue weighted by molar-refractivity contribution is 6.02. The van der Waals surface area contributed by atoms with Crippen molar-refractivity contribution in [1.29, 1.82) is 0 Å². The van der Waals surface area contributed by atoms with E-state index < -0.39 is 0 Å². The van der Waals surface area contributed by atoms with Gasteiger partial charge >= 0.3 is 0 Å². The lowest BCUT2D eigenvalue weighted by molar-refractivity contribution is 0.313. The molecule has 0 saturated carbocycles. The Labute approximate surface area is 119 Å². The van der Waals surface area contributed by atoms with E-state index in [-0.39, 0.29) is 0 Å². The maximum atomic E-state index is 9.04. The second-order valence-electron chi connectivity index (χ2n) is 4.48. The van der Waals surface area contributed by atoms with Gasteiger partial charge in [0.05, 0.1) is 12.3 Å². The lowest BCUT2D eigenvalue weighted by Gasteiger charge is -2.11. The van der Waals surface area contributed by atoms with Crippen molar-refractivity contribution in [3.63, 3.8) is 0 Å². The van der Waals surface area contributed by atoms with E-state index >= 15 is 0 Å².